The van der Waals surface area contributed by atoms with E-state index in [1.807, 2.05) is 25.7 Å². The molecule has 1 saturated heterocycles. The molecule has 1 fully saturated rings. The van der Waals surface area contributed by atoms with E-state index in [4.69, 9.17) is 0 Å². The lowest BCUT2D eigenvalue weighted by Crippen LogP contribution is -2.34. The third-order valence-electron chi connectivity index (χ3n) is 3.69. The van der Waals surface area contributed by atoms with Crippen LogP contribution in [-0.2, 0) is 0 Å². The smallest absolute Gasteiger partial charge is 0.257 e. The molecule has 0 spiro atoms. The number of rotatable bonds is 1. The Kier molecular flexibility index (Phi) is 3.43. The number of nitrogens with zero attached hydrogens (tertiary/aromatic N) is 2. The van der Waals surface area contributed by atoms with Crippen molar-refractivity contribution in [3.63, 3.8) is 0 Å². The van der Waals surface area contributed by atoms with Gasteiger partial charge >= 0.3 is 0 Å². The van der Waals surface area contributed by atoms with E-state index in [-0.39, 0.29) is 5.91 Å². The molecule has 5 nitrogen and oxygen atoms in total. The molecule has 2 N–H and O–H groups in total. The first-order chi connectivity index (χ1) is 8.41. The molecule has 2 heterocycles. The number of nitrogens with one attached hydrogen (secondary N) is 1. The molecule has 1 aromatic rings. The van der Waals surface area contributed by atoms with E-state index in [2.05, 4.69) is 10.2 Å². The van der Waals surface area contributed by atoms with Crippen molar-refractivity contribution >= 4 is 5.91 Å². The molecule has 0 aromatic carbocycles. The molecule has 1 atom stereocenters. The van der Waals surface area contributed by atoms with Crippen molar-refractivity contribution in [1.82, 2.24) is 15.1 Å². The maximum absolute atomic E-state index is 12.5. The van der Waals surface area contributed by atoms with E-state index in [0.29, 0.717) is 25.1 Å². The molecule has 0 radical (unpaired) electrons. The molecule has 100 valence electrons. The van der Waals surface area contributed by atoms with Crippen LogP contribution in [0.25, 0.3) is 0 Å². The highest BCUT2D eigenvalue weighted by Gasteiger charge is 2.29. The maximum Gasteiger partial charge on any atom is 0.257 e. The van der Waals surface area contributed by atoms with E-state index in [9.17, 15) is 9.90 Å². The number of amides is 1. The second kappa shape index (κ2) is 4.72. The molecule has 5 heteroatoms. The van der Waals surface area contributed by atoms with Crippen molar-refractivity contribution in [3.8, 4) is 0 Å². The van der Waals surface area contributed by atoms with Gasteiger partial charge in [0.1, 0.15) is 0 Å². The number of H-pyrrole nitrogens is 1. The van der Waals surface area contributed by atoms with Gasteiger partial charge in [-0.05, 0) is 40.0 Å². The minimum absolute atomic E-state index is 0.0245. The van der Waals surface area contributed by atoms with E-state index in [1.165, 1.54) is 0 Å². The summed E-state index contributed by atoms with van der Waals surface area (Å²) in [5.41, 5.74) is 1.59. The van der Waals surface area contributed by atoms with Gasteiger partial charge in [0.25, 0.3) is 5.91 Å². The number of carbonyl (C=O) groups excluding carboxylic acids is 1. The first kappa shape index (κ1) is 13.1. The molecule has 1 unspecified atom stereocenters. The summed E-state index contributed by atoms with van der Waals surface area (Å²) in [6.07, 6.45) is 2.23. The lowest BCUT2D eigenvalue weighted by Gasteiger charge is -2.22. The number of carbonyl (C=O) groups is 1. The highest BCUT2D eigenvalue weighted by Crippen LogP contribution is 2.23. The van der Waals surface area contributed by atoms with Crippen LogP contribution in [0.15, 0.2) is 0 Å². The molecule has 0 bridgehead atoms. The third kappa shape index (κ3) is 2.56. The van der Waals surface area contributed by atoms with Crippen LogP contribution in [0.4, 0.5) is 0 Å². The third-order valence-corrected chi connectivity index (χ3v) is 3.69. The normalized spacial score (nSPS) is 25.0. The first-order valence-corrected chi connectivity index (χ1v) is 6.44. The van der Waals surface area contributed by atoms with Crippen molar-refractivity contribution in [2.45, 2.75) is 45.6 Å². The minimum Gasteiger partial charge on any atom is -0.390 e. The minimum atomic E-state index is -0.643. The second-order valence-corrected chi connectivity index (χ2v) is 5.45. The molecular formula is C13H21N3O2. The maximum atomic E-state index is 12.5. The van der Waals surface area contributed by atoms with Crippen molar-refractivity contribution < 1.29 is 9.90 Å². The molecule has 1 aliphatic heterocycles. The van der Waals surface area contributed by atoms with E-state index in [0.717, 1.165) is 24.2 Å². The fourth-order valence-electron chi connectivity index (χ4n) is 2.49. The summed E-state index contributed by atoms with van der Waals surface area (Å²) in [5, 5.41) is 16.9. The van der Waals surface area contributed by atoms with Gasteiger partial charge in [-0.1, -0.05) is 0 Å². The zero-order valence-corrected chi connectivity index (χ0v) is 11.3. The first-order valence-electron chi connectivity index (χ1n) is 6.44. The van der Waals surface area contributed by atoms with Crippen LogP contribution >= 0.6 is 0 Å². The topological polar surface area (TPSA) is 69.2 Å². The fraction of sp³-hybridized carbons (Fsp3) is 0.692. The Morgan fingerprint density at radius 2 is 2.11 bits per heavy atom. The average molecular weight is 251 g/mol. The second-order valence-electron chi connectivity index (χ2n) is 5.45. The van der Waals surface area contributed by atoms with Crippen LogP contribution in [0.3, 0.4) is 0 Å². The van der Waals surface area contributed by atoms with Gasteiger partial charge < -0.3 is 10.0 Å². The predicted octanol–water partition coefficient (Wildman–Crippen LogP) is 1.40. The molecule has 18 heavy (non-hydrogen) atoms. The fourth-order valence-corrected chi connectivity index (χ4v) is 2.49. The molecule has 2 rings (SSSR count). The summed E-state index contributed by atoms with van der Waals surface area (Å²) in [4.78, 5) is 14.3. The van der Waals surface area contributed by atoms with Gasteiger partial charge in [-0.25, -0.2) is 0 Å². The number of likely N-dealkylation sites (tertiary alicyclic amines) is 1. The summed E-state index contributed by atoms with van der Waals surface area (Å²) in [7, 11) is 0. The number of aliphatic hydroxyl groups is 1. The van der Waals surface area contributed by atoms with E-state index >= 15 is 0 Å². The monoisotopic (exact) mass is 251 g/mol. The van der Waals surface area contributed by atoms with Crippen molar-refractivity contribution in [2.75, 3.05) is 13.1 Å². The largest absolute Gasteiger partial charge is 0.390 e. The Hall–Kier alpha value is -1.36. The Morgan fingerprint density at radius 1 is 1.39 bits per heavy atom. The number of aromatic amines is 1. The number of hydrogen-bond acceptors (Lipinski definition) is 3. The van der Waals surface area contributed by atoms with Crippen LogP contribution in [0.1, 0.15) is 47.9 Å². The lowest BCUT2D eigenvalue weighted by atomic mass is 9.98. The average Bonchev–Trinajstić information content (AvgIpc) is 2.51. The molecular weight excluding hydrogens is 230 g/mol. The van der Waals surface area contributed by atoms with Gasteiger partial charge in [0.05, 0.1) is 16.9 Å². The van der Waals surface area contributed by atoms with Crippen LogP contribution in [0.2, 0.25) is 0 Å². The van der Waals surface area contributed by atoms with Crippen LogP contribution in [0.5, 0.6) is 0 Å². The Bertz CT molecular complexity index is 432. The zero-order valence-electron chi connectivity index (χ0n) is 11.3. The SMILES string of the molecule is Cc1n[nH]c(C)c1C(=O)N1CCCC(C)(O)CC1. The zero-order chi connectivity index (χ0) is 13.3. The van der Waals surface area contributed by atoms with Crippen LogP contribution in [0, 0.1) is 13.8 Å². The van der Waals surface area contributed by atoms with E-state index in [1.54, 1.807) is 0 Å². The van der Waals surface area contributed by atoms with Gasteiger partial charge in [0.2, 0.25) is 0 Å². The quantitative estimate of drug-likeness (QED) is 0.792. The summed E-state index contributed by atoms with van der Waals surface area (Å²) in [6, 6.07) is 0. The van der Waals surface area contributed by atoms with Crippen LogP contribution < -0.4 is 0 Å². The van der Waals surface area contributed by atoms with Gasteiger partial charge in [0, 0.05) is 18.8 Å². The van der Waals surface area contributed by atoms with Gasteiger partial charge in [-0.3, -0.25) is 9.89 Å². The lowest BCUT2D eigenvalue weighted by molar-refractivity contribution is 0.0438. The molecule has 0 aliphatic carbocycles. The summed E-state index contributed by atoms with van der Waals surface area (Å²) < 4.78 is 0. The van der Waals surface area contributed by atoms with Gasteiger partial charge in [0.15, 0.2) is 0 Å². The summed E-state index contributed by atoms with van der Waals surface area (Å²) in [6.45, 7) is 6.86. The van der Waals surface area contributed by atoms with Crippen molar-refractivity contribution in [1.29, 1.82) is 0 Å². The summed E-state index contributed by atoms with van der Waals surface area (Å²) >= 11 is 0. The number of aromatic nitrogens is 2. The number of hydrogen-bond donors (Lipinski definition) is 2. The molecule has 1 aromatic heterocycles. The standard InChI is InChI=1S/C13H21N3O2/c1-9-11(10(2)15-14-9)12(17)16-7-4-5-13(3,18)6-8-16/h18H,4-8H2,1-3H3,(H,14,15). The van der Waals surface area contributed by atoms with Crippen molar-refractivity contribution in [2.24, 2.45) is 0 Å². The summed E-state index contributed by atoms with van der Waals surface area (Å²) in [5.74, 6) is 0.0245. The van der Waals surface area contributed by atoms with Crippen molar-refractivity contribution in [3.05, 3.63) is 17.0 Å². The van der Waals surface area contributed by atoms with Crippen LogP contribution in [-0.4, -0.2) is 44.8 Å². The molecule has 1 amide bonds. The van der Waals surface area contributed by atoms with Gasteiger partial charge in [-0.15, -0.1) is 0 Å². The molecule has 1 aliphatic rings. The Balaban J connectivity index is 2.15. The Labute approximate surface area is 107 Å². The highest BCUT2D eigenvalue weighted by atomic mass is 16.3. The molecule has 0 saturated carbocycles. The highest BCUT2D eigenvalue weighted by molar-refractivity contribution is 5.96. The number of aryl methyl sites for hydroxylation is 2. The Morgan fingerprint density at radius 3 is 2.72 bits per heavy atom. The van der Waals surface area contributed by atoms with E-state index < -0.39 is 5.60 Å². The predicted molar refractivity (Wildman–Crippen MR) is 68.4 cm³/mol. The van der Waals surface area contributed by atoms with Gasteiger partial charge in [-0.2, -0.15) is 5.10 Å².